The molecule has 1 fully saturated rings. The molecule has 2 aromatic carbocycles. The largest absolute Gasteiger partial charge is 0.466 e. The molecule has 0 amide bonds. The molecule has 1 heterocycles. The topological polar surface area (TPSA) is 29.5 Å². The van der Waals surface area contributed by atoms with Gasteiger partial charge in [-0.15, -0.1) is 0 Å². The monoisotopic (exact) mass is 309 g/mol. The van der Waals surface area contributed by atoms with Crippen LogP contribution in [0, 0.1) is 5.92 Å². The van der Waals surface area contributed by atoms with Crippen molar-refractivity contribution in [2.45, 2.75) is 25.9 Å². The molecule has 0 radical (unpaired) electrons. The molecule has 1 saturated heterocycles. The first kappa shape index (κ1) is 15.8. The summed E-state index contributed by atoms with van der Waals surface area (Å²) in [5.41, 5.74) is 2.47. The highest BCUT2D eigenvalue weighted by molar-refractivity contribution is 5.74. The van der Waals surface area contributed by atoms with Gasteiger partial charge in [-0.25, -0.2) is 0 Å². The van der Waals surface area contributed by atoms with Crippen LogP contribution < -0.4 is 0 Å². The summed E-state index contributed by atoms with van der Waals surface area (Å²) in [6.45, 7) is 4.08. The molecule has 2 atom stereocenters. The number of benzene rings is 2. The molecule has 0 aliphatic carbocycles. The third kappa shape index (κ3) is 3.62. The van der Waals surface area contributed by atoms with Gasteiger partial charge < -0.3 is 4.74 Å². The molecule has 0 spiro atoms. The highest BCUT2D eigenvalue weighted by atomic mass is 16.5. The van der Waals surface area contributed by atoms with Gasteiger partial charge in [0.15, 0.2) is 0 Å². The zero-order valence-electron chi connectivity index (χ0n) is 13.5. The van der Waals surface area contributed by atoms with Crippen LogP contribution in [0.25, 0.3) is 0 Å². The summed E-state index contributed by atoms with van der Waals surface area (Å²) in [5.74, 6) is -0.155. The molecule has 120 valence electrons. The number of hydrogen-bond donors (Lipinski definition) is 0. The van der Waals surface area contributed by atoms with Crippen molar-refractivity contribution >= 4 is 5.97 Å². The van der Waals surface area contributed by atoms with Gasteiger partial charge in [-0.05, 0) is 24.5 Å². The molecule has 2 unspecified atom stereocenters. The summed E-state index contributed by atoms with van der Waals surface area (Å²) < 4.78 is 5.31. The lowest BCUT2D eigenvalue weighted by Crippen LogP contribution is -2.29. The van der Waals surface area contributed by atoms with Gasteiger partial charge in [-0.1, -0.05) is 60.7 Å². The van der Waals surface area contributed by atoms with Gasteiger partial charge in [0.25, 0.3) is 0 Å². The van der Waals surface area contributed by atoms with Crippen LogP contribution in [0.5, 0.6) is 0 Å². The van der Waals surface area contributed by atoms with E-state index >= 15 is 0 Å². The molecule has 3 rings (SSSR count). The Kier molecular flexibility index (Phi) is 5.09. The van der Waals surface area contributed by atoms with E-state index in [2.05, 4.69) is 41.3 Å². The molecule has 1 aliphatic rings. The van der Waals surface area contributed by atoms with E-state index in [-0.39, 0.29) is 17.9 Å². The Morgan fingerprint density at radius 2 is 1.74 bits per heavy atom. The van der Waals surface area contributed by atoms with Crippen LogP contribution in [0.3, 0.4) is 0 Å². The van der Waals surface area contributed by atoms with Gasteiger partial charge in [0.05, 0.1) is 12.5 Å². The van der Waals surface area contributed by atoms with Crippen molar-refractivity contribution in [1.29, 1.82) is 0 Å². The second-order valence-electron chi connectivity index (χ2n) is 5.96. The fourth-order valence-electron chi connectivity index (χ4n) is 3.44. The predicted molar refractivity (Wildman–Crippen MR) is 90.8 cm³/mol. The van der Waals surface area contributed by atoms with E-state index < -0.39 is 0 Å². The number of likely N-dealkylation sites (tertiary alicyclic amines) is 1. The minimum absolute atomic E-state index is 0.0723. The van der Waals surface area contributed by atoms with E-state index in [9.17, 15) is 4.79 Å². The minimum Gasteiger partial charge on any atom is -0.466 e. The summed E-state index contributed by atoms with van der Waals surface area (Å²) in [5, 5.41) is 0. The first-order valence-electron chi connectivity index (χ1n) is 8.29. The fourth-order valence-corrected chi connectivity index (χ4v) is 3.44. The Bertz CT molecular complexity index is 627. The second-order valence-corrected chi connectivity index (χ2v) is 5.96. The van der Waals surface area contributed by atoms with E-state index in [0.717, 1.165) is 19.5 Å². The molecular weight excluding hydrogens is 286 g/mol. The van der Waals surface area contributed by atoms with Crippen molar-refractivity contribution in [3.63, 3.8) is 0 Å². The molecule has 0 N–H and O–H groups in total. The van der Waals surface area contributed by atoms with Gasteiger partial charge in [-0.3, -0.25) is 9.69 Å². The SMILES string of the molecule is CCOC(=O)C1CCN(Cc2ccccc2)C1c1ccccc1. The highest BCUT2D eigenvalue weighted by Crippen LogP contribution is 2.38. The predicted octanol–water partition coefficient (Wildman–Crippen LogP) is 3.81. The van der Waals surface area contributed by atoms with Crippen molar-refractivity contribution in [2.75, 3.05) is 13.2 Å². The normalized spacial score (nSPS) is 21.3. The molecule has 2 aromatic rings. The number of carbonyl (C=O) groups is 1. The van der Waals surface area contributed by atoms with E-state index in [1.54, 1.807) is 0 Å². The Hall–Kier alpha value is -2.13. The third-order valence-electron chi connectivity index (χ3n) is 4.46. The summed E-state index contributed by atoms with van der Waals surface area (Å²) in [7, 11) is 0. The van der Waals surface area contributed by atoms with Crippen molar-refractivity contribution in [2.24, 2.45) is 5.92 Å². The molecular formula is C20H23NO2. The quantitative estimate of drug-likeness (QED) is 0.787. The minimum atomic E-state index is -0.0823. The van der Waals surface area contributed by atoms with Crippen molar-refractivity contribution in [3.8, 4) is 0 Å². The first-order valence-corrected chi connectivity index (χ1v) is 8.29. The third-order valence-corrected chi connectivity index (χ3v) is 4.46. The Morgan fingerprint density at radius 1 is 1.09 bits per heavy atom. The number of esters is 1. The van der Waals surface area contributed by atoms with Crippen molar-refractivity contribution in [3.05, 3.63) is 71.8 Å². The number of carbonyl (C=O) groups excluding carboxylic acids is 1. The van der Waals surface area contributed by atoms with Crippen molar-refractivity contribution in [1.82, 2.24) is 4.90 Å². The van der Waals surface area contributed by atoms with Crippen LogP contribution in [0.4, 0.5) is 0 Å². The zero-order valence-corrected chi connectivity index (χ0v) is 13.5. The highest BCUT2D eigenvalue weighted by Gasteiger charge is 2.40. The molecule has 23 heavy (non-hydrogen) atoms. The fraction of sp³-hybridized carbons (Fsp3) is 0.350. The van der Waals surface area contributed by atoms with Crippen LogP contribution in [-0.2, 0) is 16.1 Å². The maximum Gasteiger partial charge on any atom is 0.310 e. The maximum atomic E-state index is 12.4. The summed E-state index contributed by atoms with van der Waals surface area (Å²) in [4.78, 5) is 14.8. The smallest absolute Gasteiger partial charge is 0.310 e. The average Bonchev–Trinajstić information content (AvgIpc) is 3.00. The number of rotatable bonds is 5. The van der Waals surface area contributed by atoms with Crippen LogP contribution >= 0.6 is 0 Å². The van der Waals surface area contributed by atoms with Crippen LogP contribution in [-0.4, -0.2) is 24.0 Å². The Labute approximate surface area is 137 Å². The van der Waals surface area contributed by atoms with Crippen molar-refractivity contribution < 1.29 is 9.53 Å². The molecule has 0 aromatic heterocycles. The van der Waals surface area contributed by atoms with Gasteiger partial charge in [-0.2, -0.15) is 0 Å². The lowest BCUT2D eigenvalue weighted by atomic mass is 9.93. The van der Waals surface area contributed by atoms with Gasteiger partial charge in [0.2, 0.25) is 0 Å². The zero-order chi connectivity index (χ0) is 16.1. The molecule has 0 saturated carbocycles. The molecule has 3 heteroatoms. The number of ether oxygens (including phenoxy) is 1. The first-order chi connectivity index (χ1) is 11.3. The lowest BCUT2D eigenvalue weighted by molar-refractivity contribution is -0.149. The maximum absolute atomic E-state index is 12.4. The van der Waals surface area contributed by atoms with Crippen LogP contribution in [0.15, 0.2) is 60.7 Å². The van der Waals surface area contributed by atoms with Gasteiger partial charge in [0.1, 0.15) is 0 Å². The van der Waals surface area contributed by atoms with Crippen LogP contribution in [0.1, 0.15) is 30.5 Å². The average molecular weight is 309 g/mol. The number of nitrogens with zero attached hydrogens (tertiary/aromatic N) is 1. The van der Waals surface area contributed by atoms with E-state index in [0.29, 0.717) is 6.61 Å². The molecule has 3 nitrogen and oxygen atoms in total. The standard InChI is InChI=1S/C20H23NO2/c1-2-23-20(22)18-13-14-21(15-16-9-5-3-6-10-16)19(18)17-11-7-4-8-12-17/h3-12,18-19H,2,13-15H2,1H3. The van der Waals surface area contributed by atoms with Gasteiger partial charge in [0, 0.05) is 19.1 Å². The molecule has 0 bridgehead atoms. The summed E-state index contributed by atoms with van der Waals surface area (Å²) >= 11 is 0. The van der Waals surface area contributed by atoms with E-state index in [4.69, 9.17) is 4.74 Å². The van der Waals surface area contributed by atoms with E-state index in [1.807, 2.05) is 31.2 Å². The van der Waals surface area contributed by atoms with Gasteiger partial charge >= 0.3 is 5.97 Å². The Balaban J connectivity index is 1.85. The summed E-state index contributed by atoms with van der Waals surface area (Å²) in [6, 6.07) is 20.8. The second kappa shape index (κ2) is 7.42. The van der Waals surface area contributed by atoms with E-state index in [1.165, 1.54) is 11.1 Å². The number of hydrogen-bond acceptors (Lipinski definition) is 3. The Morgan fingerprint density at radius 3 is 2.39 bits per heavy atom. The molecule has 1 aliphatic heterocycles. The summed E-state index contributed by atoms with van der Waals surface area (Å²) in [6.07, 6.45) is 0.852. The lowest BCUT2D eigenvalue weighted by Gasteiger charge is -2.28. The van der Waals surface area contributed by atoms with Crippen LogP contribution in [0.2, 0.25) is 0 Å².